The highest BCUT2D eigenvalue weighted by molar-refractivity contribution is 5.64. The zero-order valence-corrected chi connectivity index (χ0v) is 46.7. The molecule has 4 aromatic heterocycles. The molecule has 0 saturated carbocycles. The van der Waals surface area contributed by atoms with Gasteiger partial charge in [0.25, 0.3) is 0 Å². The van der Waals surface area contributed by atoms with E-state index in [0.29, 0.717) is 10.8 Å². The summed E-state index contributed by atoms with van der Waals surface area (Å²) in [4.78, 5) is 0. The summed E-state index contributed by atoms with van der Waals surface area (Å²) in [5.74, 6) is 0. The summed E-state index contributed by atoms with van der Waals surface area (Å²) in [7, 11) is 8.00. The Labute approximate surface area is 446 Å². The lowest BCUT2D eigenvalue weighted by atomic mass is 9.88. The van der Waals surface area contributed by atoms with E-state index >= 15 is 0 Å². The Kier molecular flexibility index (Phi) is 16.3. The van der Waals surface area contributed by atoms with Gasteiger partial charge in [0.1, 0.15) is 28.2 Å². The number of pyridine rings is 4. The van der Waals surface area contributed by atoms with Gasteiger partial charge in [0.15, 0.2) is 24.8 Å². The largest absolute Gasteiger partial charge is 0.212 e. The van der Waals surface area contributed by atoms with Crippen LogP contribution in [-0.2, 0) is 53.8 Å². The third-order valence-electron chi connectivity index (χ3n) is 12.9. The fraction of sp³-hybridized carbons (Fsp3) is 0.353. The van der Waals surface area contributed by atoms with E-state index in [1.54, 1.807) is 24.6 Å². The molecule has 0 unspecified atom stereocenters. The van der Waals surface area contributed by atoms with E-state index in [1.807, 2.05) is 68.1 Å². The highest BCUT2D eigenvalue weighted by Gasteiger charge is 2.20. The van der Waals surface area contributed by atoms with Crippen molar-refractivity contribution in [3.05, 3.63) is 214 Å². The normalized spacial score (nSPS) is 13.2. The van der Waals surface area contributed by atoms with Crippen LogP contribution in [0, 0.1) is 52.3 Å². The van der Waals surface area contributed by atoms with Crippen LogP contribution >= 0.6 is 0 Å². The van der Waals surface area contributed by atoms with Crippen LogP contribution in [0.5, 0.6) is 0 Å². The number of benzene rings is 4. The number of aromatic nitrogens is 4. The summed E-state index contributed by atoms with van der Waals surface area (Å²) in [5.41, 5.74) is 19.7. The molecule has 0 N–H and O–H groups in total. The molecule has 8 rings (SSSR count). The summed E-state index contributed by atoms with van der Waals surface area (Å²) in [6.45, 7) is 24.7. The van der Waals surface area contributed by atoms with E-state index in [9.17, 15) is 0 Å². The zero-order valence-electron chi connectivity index (χ0n) is 53.7. The van der Waals surface area contributed by atoms with Gasteiger partial charge >= 0.3 is 0 Å². The van der Waals surface area contributed by atoms with Crippen LogP contribution < -0.4 is 18.3 Å². The quantitative estimate of drug-likeness (QED) is 0.135. The molecular weight excluding hydrogens is 873 g/mol. The molecular formula is C68H88N4+4. The zero-order chi connectivity index (χ0) is 59.0. The Morgan fingerprint density at radius 3 is 1.22 bits per heavy atom. The maximum atomic E-state index is 7.98. The highest BCUT2D eigenvalue weighted by Crippen LogP contribution is 2.27. The molecule has 0 atom stereocenters. The molecule has 4 aromatic carbocycles. The number of aryl methyl sites for hydroxylation is 12. The van der Waals surface area contributed by atoms with Crippen LogP contribution in [0.3, 0.4) is 0 Å². The molecule has 0 aliphatic carbocycles. The fourth-order valence-electron chi connectivity index (χ4n) is 9.11. The Morgan fingerprint density at radius 2 is 0.792 bits per heavy atom. The van der Waals surface area contributed by atoms with Crippen LogP contribution in [0.1, 0.15) is 121 Å². The number of rotatable bonds is 8. The summed E-state index contributed by atoms with van der Waals surface area (Å²) >= 11 is 0. The van der Waals surface area contributed by atoms with Crippen molar-refractivity contribution >= 4 is 0 Å². The summed E-state index contributed by atoms with van der Waals surface area (Å²) in [6.07, 6.45) is 7.02. The molecule has 4 nitrogen and oxygen atoms in total. The van der Waals surface area contributed by atoms with Crippen molar-refractivity contribution in [2.45, 2.75) is 122 Å². The Balaban J connectivity index is 0.000000194. The Morgan fingerprint density at radius 1 is 0.389 bits per heavy atom. The standard InChI is InChI=1S/2C18H24N.2C16H20N/c1-14-8-6-7-9-16(14)17-12-15(10-11-19(17)5)13-18(2,3)4;1-14-8-6-7-9-16(14)17-11-10-15(13-19(17)5)12-18(2,3)4;1-5-14-10-16(17(4)11-13(14)3)15-9-7-6-8-12(15)2;1-5-14-11-17(4)16(10-13(14)3)15-9-7-6-8-12(15)2/h6-12H,13H2,1-5H3;6-11,13H,12H2,1-5H3;2*6-11H,5H2,1-4H3/q4*+1/i;;3D3,5D2;5D2. The fourth-order valence-corrected chi connectivity index (χ4v) is 9.11. The van der Waals surface area contributed by atoms with Crippen molar-refractivity contribution in [2.24, 2.45) is 39.0 Å². The van der Waals surface area contributed by atoms with Crippen molar-refractivity contribution in [2.75, 3.05) is 0 Å². The lowest BCUT2D eigenvalue weighted by Gasteiger charge is -2.18. The molecule has 0 aliphatic heterocycles. The van der Waals surface area contributed by atoms with Gasteiger partial charge in [0.2, 0.25) is 22.8 Å². The van der Waals surface area contributed by atoms with E-state index < -0.39 is 19.6 Å². The Bertz CT molecular complexity index is 3370. The minimum atomic E-state index is -2.35. The summed E-state index contributed by atoms with van der Waals surface area (Å²) in [5, 5.41) is 0. The van der Waals surface area contributed by atoms with Gasteiger partial charge in [-0.05, 0) is 147 Å². The minimum Gasteiger partial charge on any atom is -0.201 e. The van der Waals surface area contributed by atoms with E-state index in [0.717, 1.165) is 46.5 Å². The second kappa shape index (κ2) is 25.2. The first-order valence-electron chi connectivity index (χ1n) is 28.8. The van der Waals surface area contributed by atoms with Crippen molar-refractivity contribution in [1.82, 2.24) is 0 Å². The molecule has 376 valence electrons. The smallest absolute Gasteiger partial charge is 0.201 e. The van der Waals surface area contributed by atoms with Gasteiger partial charge in [-0.3, -0.25) is 0 Å². The highest BCUT2D eigenvalue weighted by atomic mass is 14.9. The number of hydrogen-bond donors (Lipinski definition) is 0. The lowest BCUT2D eigenvalue weighted by Crippen LogP contribution is -2.32. The average Bonchev–Trinajstić information content (AvgIpc) is 3.35. The van der Waals surface area contributed by atoms with Crippen LogP contribution in [0.25, 0.3) is 45.0 Å². The van der Waals surface area contributed by atoms with Crippen molar-refractivity contribution in [3.63, 3.8) is 0 Å². The van der Waals surface area contributed by atoms with Gasteiger partial charge in [-0.25, -0.2) is 18.3 Å². The summed E-state index contributed by atoms with van der Waals surface area (Å²) in [6, 6.07) is 46.0. The molecule has 4 heteroatoms. The third-order valence-corrected chi connectivity index (χ3v) is 12.9. The first-order chi connectivity index (χ1) is 36.6. The van der Waals surface area contributed by atoms with Gasteiger partial charge in [-0.15, -0.1) is 0 Å². The number of hydrogen-bond acceptors (Lipinski definition) is 0. The second-order valence-electron chi connectivity index (χ2n) is 21.8. The number of nitrogens with zero attached hydrogens (tertiary/aromatic N) is 4. The molecule has 0 fully saturated rings. The first-order valence-corrected chi connectivity index (χ1v) is 25.3. The van der Waals surface area contributed by atoms with E-state index in [2.05, 4.69) is 189 Å². The van der Waals surface area contributed by atoms with Gasteiger partial charge in [0.05, 0.1) is 0 Å². The maximum absolute atomic E-state index is 7.98. The van der Waals surface area contributed by atoms with Crippen molar-refractivity contribution < 1.29 is 27.9 Å². The Hall–Kier alpha value is -6.52. The predicted octanol–water partition coefficient (Wildman–Crippen LogP) is 14.9. The monoisotopic (exact) mass is 968 g/mol. The van der Waals surface area contributed by atoms with Gasteiger partial charge < -0.3 is 0 Å². The van der Waals surface area contributed by atoms with E-state index in [1.165, 1.54) is 69.0 Å². The molecule has 0 radical (unpaired) electrons. The molecule has 4 heterocycles. The molecule has 72 heavy (non-hydrogen) atoms. The second-order valence-corrected chi connectivity index (χ2v) is 21.8. The van der Waals surface area contributed by atoms with Crippen molar-refractivity contribution in [3.8, 4) is 45.0 Å². The van der Waals surface area contributed by atoms with E-state index in [4.69, 9.17) is 9.60 Å². The predicted molar refractivity (Wildman–Crippen MR) is 306 cm³/mol. The van der Waals surface area contributed by atoms with E-state index in [-0.39, 0.29) is 11.1 Å². The first kappa shape index (κ1) is 46.5. The minimum absolute atomic E-state index is 0.0554. The van der Waals surface area contributed by atoms with Gasteiger partial charge in [0, 0.05) is 78.9 Å². The average molecular weight is 969 g/mol. The van der Waals surface area contributed by atoms with Gasteiger partial charge in [-0.2, -0.15) is 0 Å². The van der Waals surface area contributed by atoms with Crippen molar-refractivity contribution in [1.29, 1.82) is 0 Å². The van der Waals surface area contributed by atoms with Crippen LogP contribution in [0.2, 0.25) is 0 Å². The van der Waals surface area contributed by atoms with Crippen LogP contribution in [0.15, 0.2) is 158 Å². The van der Waals surface area contributed by atoms with Gasteiger partial charge in [-0.1, -0.05) is 128 Å². The SMILES string of the molecule is Cc1ccccc1-c1cc(CC(C)(C)C)cc[n+]1C.Cc1ccccc1-c1ccc(CC(C)(C)C)c[n+]1C.[2H]C([2H])(C)c1c[n+](C)c(-c2ccccc2C)cc1C.[2H]C([2H])([2H])c1c[n+](C)c(-c2ccccc2C)cc1C([2H])([2H])C. The maximum Gasteiger partial charge on any atom is 0.212 e. The topological polar surface area (TPSA) is 15.5 Å². The van der Waals surface area contributed by atoms with Crippen LogP contribution in [0.4, 0.5) is 0 Å². The molecule has 0 spiro atoms. The molecule has 0 saturated heterocycles. The molecule has 0 aliphatic rings. The molecule has 0 amide bonds. The van der Waals surface area contributed by atoms with Crippen LogP contribution in [-0.4, -0.2) is 0 Å². The summed E-state index contributed by atoms with van der Waals surface area (Å²) < 4.78 is 62.9. The molecule has 0 bridgehead atoms. The molecule has 8 aromatic rings. The lowest BCUT2D eigenvalue weighted by molar-refractivity contribution is -0.661. The third kappa shape index (κ3) is 15.7.